The molecule has 31 heavy (non-hydrogen) atoms. The molecule has 168 valence electrons. The molecule has 1 saturated carbocycles. The van der Waals surface area contributed by atoms with Gasteiger partial charge in [-0.3, -0.25) is 9.20 Å². The van der Waals surface area contributed by atoms with Gasteiger partial charge >= 0.3 is 0 Å². The highest BCUT2D eigenvalue weighted by molar-refractivity contribution is 7.84. The van der Waals surface area contributed by atoms with Gasteiger partial charge in [-0.2, -0.15) is 0 Å². The second kappa shape index (κ2) is 12.3. The first-order valence-corrected chi connectivity index (χ1v) is 12.3. The molecular formula is C24H33N3O3S. The summed E-state index contributed by atoms with van der Waals surface area (Å²) in [6.45, 7) is 1.15. The van der Waals surface area contributed by atoms with Crippen LogP contribution < -0.4 is 20.1 Å². The van der Waals surface area contributed by atoms with Gasteiger partial charge in [-0.25, -0.2) is 0 Å². The Morgan fingerprint density at radius 3 is 2.58 bits per heavy atom. The first-order valence-electron chi connectivity index (χ1n) is 10.9. The van der Waals surface area contributed by atoms with Gasteiger partial charge in [0.15, 0.2) is 17.5 Å². The molecule has 3 rings (SSSR count). The summed E-state index contributed by atoms with van der Waals surface area (Å²) in [7, 11) is 2.48. The Balaban J connectivity index is 1.50. The Morgan fingerprint density at radius 2 is 1.87 bits per heavy atom. The summed E-state index contributed by atoms with van der Waals surface area (Å²) in [6, 6.07) is 15.9. The van der Waals surface area contributed by atoms with Crippen molar-refractivity contribution in [2.24, 2.45) is 4.99 Å². The Labute approximate surface area is 187 Å². The van der Waals surface area contributed by atoms with Gasteiger partial charge in [0, 0.05) is 48.0 Å². The normalized spacial score (nSPS) is 15.5. The molecule has 7 heteroatoms. The SMILES string of the molecule is CN=C(NCCS(=O)Cc1ccccc1)NCc1cccc(OC)c1OC1CCCC1. The zero-order valence-corrected chi connectivity index (χ0v) is 19.2. The molecule has 0 saturated heterocycles. The first kappa shape index (κ1) is 23.1. The summed E-state index contributed by atoms with van der Waals surface area (Å²) in [4.78, 5) is 4.28. The molecule has 1 atom stereocenters. The van der Waals surface area contributed by atoms with E-state index < -0.39 is 10.8 Å². The number of nitrogens with zero attached hydrogens (tertiary/aromatic N) is 1. The molecule has 0 spiro atoms. The number of para-hydroxylation sites is 1. The highest BCUT2D eigenvalue weighted by atomic mass is 32.2. The van der Waals surface area contributed by atoms with Crippen molar-refractivity contribution in [2.75, 3.05) is 26.5 Å². The number of guanidine groups is 1. The van der Waals surface area contributed by atoms with Crippen LogP contribution in [0.2, 0.25) is 0 Å². The Kier molecular flexibility index (Phi) is 9.21. The van der Waals surface area contributed by atoms with Crippen molar-refractivity contribution >= 4 is 16.8 Å². The van der Waals surface area contributed by atoms with E-state index in [1.54, 1.807) is 14.2 Å². The van der Waals surface area contributed by atoms with Gasteiger partial charge in [-0.1, -0.05) is 42.5 Å². The third kappa shape index (κ3) is 7.28. The van der Waals surface area contributed by atoms with E-state index >= 15 is 0 Å². The van der Waals surface area contributed by atoms with E-state index in [0.717, 1.165) is 35.5 Å². The van der Waals surface area contributed by atoms with Crippen LogP contribution in [-0.2, 0) is 23.1 Å². The molecule has 6 nitrogen and oxygen atoms in total. The van der Waals surface area contributed by atoms with Crippen LogP contribution in [0.1, 0.15) is 36.8 Å². The quantitative estimate of drug-likeness (QED) is 0.433. The van der Waals surface area contributed by atoms with Gasteiger partial charge in [0.2, 0.25) is 0 Å². The van der Waals surface area contributed by atoms with E-state index in [2.05, 4.69) is 15.6 Å². The molecule has 2 N–H and O–H groups in total. The van der Waals surface area contributed by atoms with Crippen molar-refractivity contribution in [3.63, 3.8) is 0 Å². The molecule has 1 aliphatic carbocycles. The summed E-state index contributed by atoms with van der Waals surface area (Å²) in [6.07, 6.45) is 4.88. The molecule has 0 bridgehead atoms. The standard InChI is InChI=1S/C24H33N3O3S/c1-25-24(26-15-16-31(28)18-19-9-4-3-5-10-19)27-17-20-11-8-14-22(29-2)23(20)30-21-12-6-7-13-21/h3-5,8-11,14,21H,6-7,12-13,15-18H2,1-2H3,(H2,25,26,27). The average molecular weight is 444 g/mol. The van der Waals surface area contributed by atoms with E-state index in [1.807, 2.05) is 48.5 Å². The zero-order chi connectivity index (χ0) is 21.9. The molecule has 0 radical (unpaired) electrons. The van der Waals surface area contributed by atoms with E-state index in [9.17, 15) is 4.21 Å². The predicted octanol–water partition coefficient (Wildman–Crippen LogP) is 3.63. The van der Waals surface area contributed by atoms with Crippen LogP contribution in [0.4, 0.5) is 0 Å². The van der Waals surface area contributed by atoms with Crippen molar-refractivity contribution in [2.45, 2.75) is 44.1 Å². The first-order chi connectivity index (χ1) is 15.2. The lowest BCUT2D eigenvalue weighted by atomic mass is 10.1. The molecule has 2 aromatic carbocycles. The average Bonchev–Trinajstić information content (AvgIpc) is 3.30. The van der Waals surface area contributed by atoms with Crippen LogP contribution in [0, 0.1) is 0 Å². The molecule has 1 fully saturated rings. The van der Waals surface area contributed by atoms with Crippen LogP contribution in [0.25, 0.3) is 0 Å². The highest BCUT2D eigenvalue weighted by Crippen LogP contribution is 2.34. The molecule has 1 aliphatic rings. The van der Waals surface area contributed by atoms with Gasteiger partial charge in [-0.05, 0) is 37.3 Å². The number of hydrogen-bond acceptors (Lipinski definition) is 4. The second-order valence-corrected chi connectivity index (χ2v) is 9.18. The molecule has 0 heterocycles. The van der Waals surface area contributed by atoms with Crippen LogP contribution in [0.3, 0.4) is 0 Å². The van der Waals surface area contributed by atoms with Crippen molar-refractivity contribution < 1.29 is 13.7 Å². The monoisotopic (exact) mass is 443 g/mol. The topological polar surface area (TPSA) is 72.0 Å². The van der Waals surface area contributed by atoms with Crippen LogP contribution in [-0.4, -0.2) is 42.7 Å². The van der Waals surface area contributed by atoms with Crippen molar-refractivity contribution in [1.29, 1.82) is 0 Å². The van der Waals surface area contributed by atoms with E-state index in [0.29, 0.717) is 30.6 Å². The number of ether oxygens (including phenoxy) is 2. The van der Waals surface area contributed by atoms with Crippen LogP contribution in [0.15, 0.2) is 53.5 Å². The minimum absolute atomic E-state index is 0.257. The predicted molar refractivity (Wildman–Crippen MR) is 127 cm³/mol. The smallest absolute Gasteiger partial charge is 0.191 e. The number of aliphatic imine (C=N–C) groups is 1. The summed E-state index contributed by atoms with van der Waals surface area (Å²) < 4.78 is 24.2. The fourth-order valence-corrected chi connectivity index (χ4v) is 4.72. The summed E-state index contributed by atoms with van der Waals surface area (Å²) in [5.74, 6) is 3.37. The molecule has 1 unspecified atom stereocenters. The minimum atomic E-state index is -0.922. The molecule has 0 aliphatic heterocycles. The van der Waals surface area contributed by atoms with E-state index in [4.69, 9.17) is 9.47 Å². The van der Waals surface area contributed by atoms with Gasteiger partial charge in [-0.15, -0.1) is 0 Å². The number of methoxy groups -OCH3 is 1. The lowest BCUT2D eigenvalue weighted by Crippen LogP contribution is -2.38. The lowest BCUT2D eigenvalue weighted by Gasteiger charge is -2.20. The fraction of sp³-hybridized carbons (Fsp3) is 0.458. The van der Waals surface area contributed by atoms with Gasteiger partial charge in [0.05, 0.1) is 13.2 Å². The molecular weight excluding hydrogens is 410 g/mol. The van der Waals surface area contributed by atoms with Gasteiger partial charge < -0.3 is 20.1 Å². The minimum Gasteiger partial charge on any atom is -0.493 e. The van der Waals surface area contributed by atoms with Gasteiger partial charge in [0.25, 0.3) is 0 Å². The van der Waals surface area contributed by atoms with Crippen molar-refractivity contribution in [3.8, 4) is 11.5 Å². The lowest BCUT2D eigenvalue weighted by molar-refractivity contribution is 0.198. The van der Waals surface area contributed by atoms with E-state index in [-0.39, 0.29) is 6.10 Å². The van der Waals surface area contributed by atoms with E-state index in [1.165, 1.54) is 12.8 Å². The van der Waals surface area contributed by atoms with Crippen LogP contribution in [0.5, 0.6) is 11.5 Å². The maximum atomic E-state index is 12.3. The summed E-state index contributed by atoms with van der Waals surface area (Å²) in [5, 5.41) is 6.58. The molecule has 2 aromatic rings. The van der Waals surface area contributed by atoms with Crippen molar-refractivity contribution in [1.82, 2.24) is 10.6 Å². The largest absolute Gasteiger partial charge is 0.493 e. The third-order valence-corrected chi connectivity index (χ3v) is 6.64. The van der Waals surface area contributed by atoms with Crippen LogP contribution >= 0.6 is 0 Å². The molecule has 0 aromatic heterocycles. The van der Waals surface area contributed by atoms with Gasteiger partial charge in [0.1, 0.15) is 0 Å². The number of hydrogen-bond donors (Lipinski definition) is 2. The fourth-order valence-electron chi connectivity index (χ4n) is 3.68. The zero-order valence-electron chi connectivity index (χ0n) is 18.4. The Hall–Kier alpha value is -2.54. The number of benzene rings is 2. The maximum Gasteiger partial charge on any atom is 0.191 e. The Morgan fingerprint density at radius 1 is 1.10 bits per heavy atom. The third-order valence-electron chi connectivity index (χ3n) is 5.33. The second-order valence-electron chi connectivity index (χ2n) is 7.60. The molecule has 0 amide bonds. The number of nitrogens with one attached hydrogen (secondary N) is 2. The number of rotatable bonds is 10. The maximum absolute atomic E-state index is 12.3. The summed E-state index contributed by atoms with van der Waals surface area (Å²) in [5.41, 5.74) is 2.12. The summed E-state index contributed by atoms with van der Waals surface area (Å²) >= 11 is 0. The highest BCUT2D eigenvalue weighted by Gasteiger charge is 2.20. The Bertz CT molecular complexity index is 868. The van der Waals surface area contributed by atoms with Crippen molar-refractivity contribution in [3.05, 3.63) is 59.7 Å².